The topological polar surface area (TPSA) is 17.1 Å². The molecule has 124 valence electrons. The van der Waals surface area contributed by atoms with Crippen LogP contribution in [0.25, 0.3) is 16.8 Å². The standard InChI is InChI=1S/C18H13O.C5H5.Fe/c19-18(16-6-2-3-7-16)12-10-14-9-11-15-5-1-4-8-17(15)13-14;1-2-4-5-3-1;/h1,4-13H,2H2;1-3H,4H2;/q2*-1;+2/b12-10+;;. The van der Waals surface area contributed by atoms with E-state index in [1.165, 1.54) is 10.8 Å². The van der Waals surface area contributed by atoms with Crippen molar-refractivity contribution in [1.29, 1.82) is 0 Å². The number of ketones is 1. The van der Waals surface area contributed by atoms with Crippen LogP contribution in [0.2, 0.25) is 0 Å². The maximum Gasteiger partial charge on any atom is 2.00 e. The molecule has 0 bridgehead atoms. The molecule has 0 heterocycles. The first-order valence-electron chi connectivity index (χ1n) is 8.03. The zero-order valence-corrected chi connectivity index (χ0v) is 14.9. The molecule has 2 aliphatic rings. The van der Waals surface area contributed by atoms with E-state index in [4.69, 9.17) is 0 Å². The van der Waals surface area contributed by atoms with Crippen molar-refractivity contribution >= 4 is 22.6 Å². The van der Waals surface area contributed by atoms with E-state index in [1.807, 2.05) is 42.5 Å². The van der Waals surface area contributed by atoms with Crippen molar-refractivity contribution in [2.75, 3.05) is 0 Å². The summed E-state index contributed by atoms with van der Waals surface area (Å²) in [6, 6.07) is 14.4. The Morgan fingerprint density at radius 1 is 1.00 bits per heavy atom. The number of fused-ring (bicyclic) bond motifs is 1. The molecular formula is C23H18FeO. The number of rotatable bonds is 3. The number of hydrogen-bond donors (Lipinski definition) is 0. The second-order valence-corrected chi connectivity index (χ2v) is 5.52. The normalized spacial score (nSPS) is 14.3. The molecule has 25 heavy (non-hydrogen) atoms. The van der Waals surface area contributed by atoms with Crippen LogP contribution in [0, 0.1) is 12.2 Å². The van der Waals surface area contributed by atoms with E-state index in [1.54, 1.807) is 12.2 Å². The minimum absolute atomic E-state index is 0. The molecule has 0 amide bonds. The van der Waals surface area contributed by atoms with Gasteiger partial charge in [0.1, 0.15) is 5.78 Å². The maximum absolute atomic E-state index is 11.9. The average molecular weight is 366 g/mol. The number of allylic oxidation sites excluding steroid dienone is 9. The van der Waals surface area contributed by atoms with Crippen molar-refractivity contribution in [3.63, 3.8) is 0 Å². The fraction of sp³-hybridized carbons (Fsp3) is 0.0870. The van der Waals surface area contributed by atoms with Gasteiger partial charge in [0.2, 0.25) is 0 Å². The molecule has 0 radical (unpaired) electrons. The van der Waals surface area contributed by atoms with Gasteiger partial charge in [0.15, 0.2) is 0 Å². The van der Waals surface area contributed by atoms with E-state index in [0.717, 1.165) is 24.0 Å². The third kappa shape index (κ3) is 5.56. The van der Waals surface area contributed by atoms with Crippen LogP contribution < -0.4 is 0 Å². The van der Waals surface area contributed by atoms with Gasteiger partial charge in [0, 0.05) is 0 Å². The van der Waals surface area contributed by atoms with Gasteiger partial charge >= 0.3 is 17.1 Å². The Balaban J connectivity index is 0.000000325. The zero-order chi connectivity index (χ0) is 16.6. The van der Waals surface area contributed by atoms with Crippen LogP contribution >= 0.6 is 0 Å². The van der Waals surface area contributed by atoms with Crippen molar-refractivity contribution in [2.45, 2.75) is 12.8 Å². The molecule has 0 N–H and O–H groups in total. The average Bonchev–Trinajstić information content (AvgIpc) is 3.35. The van der Waals surface area contributed by atoms with Crippen LogP contribution in [-0.2, 0) is 21.9 Å². The minimum Gasteiger partial charge on any atom is -0.311 e. The van der Waals surface area contributed by atoms with Crippen LogP contribution in [0.4, 0.5) is 0 Å². The predicted molar refractivity (Wildman–Crippen MR) is 100 cm³/mol. The molecule has 0 atom stereocenters. The van der Waals surface area contributed by atoms with E-state index < -0.39 is 0 Å². The monoisotopic (exact) mass is 366 g/mol. The summed E-state index contributed by atoms with van der Waals surface area (Å²) in [6.45, 7) is 0. The van der Waals surface area contributed by atoms with E-state index in [9.17, 15) is 4.79 Å². The van der Waals surface area contributed by atoms with Crippen LogP contribution in [0.1, 0.15) is 18.4 Å². The van der Waals surface area contributed by atoms with Gasteiger partial charge in [-0.25, -0.2) is 18.2 Å². The third-order valence-corrected chi connectivity index (χ3v) is 3.77. The van der Waals surface area contributed by atoms with Crippen LogP contribution in [-0.4, -0.2) is 5.78 Å². The summed E-state index contributed by atoms with van der Waals surface area (Å²) in [6.07, 6.45) is 20.9. The van der Waals surface area contributed by atoms with Crippen molar-refractivity contribution in [3.8, 4) is 0 Å². The smallest absolute Gasteiger partial charge is 0.311 e. The van der Waals surface area contributed by atoms with E-state index in [2.05, 4.69) is 42.5 Å². The van der Waals surface area contributed by atoms with Gasteiger partial charge in [0.05, 0.1) is 0 Å². The fourth-order valence-corrected chi connectivity index (χ4v) is 2.49. The Morgan fingerprint density at radius 2 is 1.84 bits per heavy atom. The molecular weight excluding hydrogens is 348 g/mol. The SMILES string of the molecule is O=C(/C=C/c1ccc2ccccc2c1)C1=CC[C-]=C1.[C-]1=CC=CC1.[Fe+2]. The minimum atomic E-state index is 0. The van der Waals surface area contributed by atoms with Gasteiger partial charge < -0.3 is 4.79 Å². The number of carbonyl (C=O) groups excluding carboxylic acids is 1. The van der Waals surface area contributed by atoms with Gasteiger partial charge in [0.25, 0.3) is 0 Å². The Bertz CT molecular complexity index is 872. The number of benzene rings is 2. The van der Waals surface area contributed by atoms with Crippen LogP contribution in [0.5, 0.6) is 0 Å². The molecule has 0 saturated carbocycles. The second-order valence-electron chi connectivity index (χ2n) is 5.52. The predicted octanol–water partition coefficient (Wildman–Crippen LogP) is 5.41. The Morgan fingerprint density at radius 3 is 2.48 bits per heavy atom. The van der Waals surface area contributed by atoms with E-state index >= 15 is 0 Å². The van der Waals surface area contributed by atoms with Gasteiger partial charge in [-0.2, -0.15) is 12.2 Å². The van der Waals surface area contributed by atoms with E-state index in [-0.39, 0.29) is 22.9 Å². The number of carbonyl (C=O) groups is 1. The molecule has 4 rings (SSSR count). The third-order valence-electron chi connectivity index (χ3n) is 3.77. The summed E-state index contributed by atoms with van der Waals surface area (Å²) in [5.41, 5.74) is 1.77. The summed E-state index contributed by atoms with van der Waals surface area (Å²) in [7, 11) is 0. The largest absolute Gasteiger partial charge is 2.00 e. The Labute approximate surface area is 159 Å². The zero-order valence-electron chi connectivity index (χ0n) is 13.8. The molecule has 2 aliphatic carbocycles. The van der Waals surface area contributed by atoms with Crippen molar-refractivity contribution in [1.82, 2.24) is 0 Å². The summed E-state index contributed by atoms with van der Waals surface area (Å²) in [4.78, 5) is 11.9. The molecule has 0 unspecified atom stereocenters. The fourth-order valence-electron chi connectivity index (χ4n) is 2.49. The molecule has 0 aromatic heterocycles. The van der Waals surface area contributed by atoms with Crippen molar-refractivity contribution in [3.05, 3.63) is 102 Å². The van der Waals surface area contributed by atoms with E-state index in [0.29, 0.717) is 0 Å². The first-order chi connectivity index (χ1) is 11.8. The molecule has 2 aromatic carbocycles. The van der Waals surface area contributed by atoms with Gasteiger partial charge in [-0.1, -0.05) is 42.5 Å². The molecule has 2 aromatic rings. The molecule has 0 fully saturated rings. The quantitative estimate of drug-likeness (QED) is 0.403. The molecule has 0 spiro atoms. The first kappa shape index (κ1) is 18.9. The van der Waals surface area contributed by atoms with Gasteiger partial charge in [-0.05, 0) is 28.5 Å². The Kier molecular flexibility index (Phi) is 7.40. The van der Waals surface area contributed by atoms with Crippen LogP contribution in [0.3, 0.4) is 0 Å². The number of hydrogen-bond acceptors (Lipinski definition) is 1. The Hall–Kier alpha value is -2.41. The summed E-state index contributed by atoms with van der Waals surface area (Å²) < 4.78 is 0. The first-order valence-corrected chi connectivity index (χ1v) is 8.03. The second kappa shape index (κ2) is 9.78. The van der Waals surface area contributed by atoms with Gasteiger partial charge in [-0.3, -0.25) is 12.2 Å². The summed E-state index contributed by atoms with van der Waals surface area (Å²) in [5, 5.41) is 2.40. The molecule has 0 aliphatic heterocycles. The van der Waals surface area contributed by atoms with Crippen molar-refractivity contribution < 1.29 is 21.9 Å². The van der Waals surface area contributed by atoms with Crippen LogP contribution in [0.15, 0.2) is 84.5 Å². The molecule has 1 nitrogen and oxygen atoms in total. The molecule has 0 saturated heterocycles. The summed E-state index contributed by atoms with van der Waals surface area (Å²) in [5.74, 6) is 0.0400. The van der Waals surface area contributed by atoms with Crippen molar-refractivity contribution in [2.24, 2.45) is 0 Å². The maximum atomic E-state index is 11.9. The molecule has 2 heteroatoms. The summed E-state index contributed by atoms with van der Waals surface area (Å²) >= 11 is 0. The van der Waals surface area contributed by atoms with Gasteiger partial charge in [-0.15, -0.1) is 18.4 Å².